The third kappa shape index (κ3) is 8.87. The van der Waals surface area contributed by atoms with E-state index in [1.807, 2.05) is 0 Å². The lowest BCUT2D eigenvalue weighted by atomic mass is 10.1. The summed E-state index contributed by atoms with van der Waals surface area (Å²) in [6.07, 6.45) is 0. The highest BCUT2D eigenvalue weighted by Gasteiger charge is 2.24. The van der Waals surface area contributed by atoms with Crippen LogP contribution in [0.25, 0.3) is 0 Å². The van der Waals surface area contributed by atoms with Crippen LogP contribution < -0.4 is 5.32 Å². The Bertz CT molecular complexity index is 232. The molecular weight excluding hydrogens is 256 g/mol. The van der Waals surface area contributed by atoms with Gasteiger partial charge in [-0.25, -0.2) is 0 Å². The molecule has 0 bridgehead atoms. The van der Waals surface area contributed by atoms with Gasteiger partial charge in [-0.1, -0.05) is 0 Å². The summed E-state index contributed by atoms with van der Waals surface area (Å²) in [5.41, 5.74) is 0.101. The maximum atomic E-state index is 5.40. The summed E-state index contributed by atoms with van der Waals surface area (Å²) < 4.78 is 15.9. The van der Waals surface area contributed by atoms with Crippen molar-refractivity contribution in [3.8, 4) is 0 Å². The maximum absolute atomic E-state index is 5.40. The van der Waals surface area contributed by atoms with Crippen molar-refractivity contribution in [1.29, 1.82) is 0 Å². The van der Waals surface area contributed by atoms with Crippen LogP contribution in [0.15, 0.2) is 0 Å². The lowest BCUT2D eigenvalue weighted by molar-refractivity contribution is 0.0157. The first kappa shape index (κ1) is 19.8. The second-order valence-corrected chi connectivity index (χ2v) is 6.28. The molecule has 2 unspecified atom stereocenters. The molecule has 0 aliphatic carbocycles. The second kappa shape index (κ2) is 10.5. The summed E-state index contributed by atoms with van der Waals surface area (Å²) in [5.74, 6) is 0. The molecule has 0 saturated heterocycles. The fraction of sp³-hybridized carbons (Fsp3) is 1.00. The highest BCUT2D eigenvalue weighted by atomic mass is 16.5. The Kier molecular flexibility index (Phi) is 10.4. The standard InChI is InChI=1S/C15H34N2O3/c1-13(11-19-6)17(8-9-18-5)14(12-20-7)10-16-15(2,3)4/h13-14,16H,8-12H2,1-7H3. The third-order valence-corrected chi connectivity index (χ3v) is 3.22. The Morgan fingerprint density at radius 1 is 1.00 bits per heavy atom. The number of methoxy groups -OCH3 is 3. The topological polar surface area (TPSA) is 43.0 Å². The number of rotatable bonds is 11. The van der Waals surface area contributed by atoms with Crippen molar-refractivity contribution in [2.75, 3.05) is 54.2 Å². The van der Waals surface area contributed by atoms with Gasteiger partial charge >= 0.3 is 0 Å². The Hall–Kier alpha value is -0.200. The van der Waals surface area contributed by atoms with E-state index in [4.69, 9.17) is 14.2 Å². The van der Waals surface area contributed by atoms with Gasteiger partial charge in [-0.05, 0) is 27.7 Å². The van der Waals surface area contributed by atoms with Crippen molar-refractivity contribution in [1.82, 2.24) is 10.2 Å². The minimum atomic E-state index is 0.101. The fourth-order valence-corrected chi connectivity index (χ4v) is 2.18. The van der Waals surface area contributed by atoms with Gasteiger partial charge in [0.1, 0.15) is 0 Å². The van der Waals surface area contributed by atoms with E-state index in [0.717, 1.165) is 13.1 Å². The predicted octanol–water partition coefficient (Wildman–Crippen LogP) is 1.37. The van der Waals surface area contributed by atoms with Crippen LogP contribution >= 0.6 is 0 Å². The van der Waals surface area contributed by atoms with Crippen LogP contribution in [-0.2, 0) is 14.2 Å². The summed E-state index contributed by atoms with van der Waals surface area (Å²) in [7, 11) is 5.22. The Balaban J connectivity index is 4.70. The zero-order chi connectivity index (χ0) is 15.6. The molecule has 0 fully saturated rings. The highest BCUT2D eigenvalue weighted by molar-refractivity contribution is 4.82. The number of ether oxygens (including phenoxy) is 3. The van der Waals surface area contributed by atoms with Crippen LogP contribution in [0.2, 0.25) is 0 Å². The SMILES string of the molecule is COCCN(C(C)COC)C(CNC(C)(C)C)COC. The zero-order valence-electron chi connectivity index (χ0n) is 14.4. The zero-order valence-corrected chi connectivity index (χ0v) is 14.4. The Labute approximate surface area is 124 Å². The average molecular weight is 290 g/mol. The van der Waals surface area contributed by atoms with E-state index in [0.29, 0.717) is 31.9 Å². The lowest BCUT2D eigenvalue weighted by Gasteiger charge is -2.37. The molecule has 5 nitrogen and oxygen atoms in total. The quantitative estimate of drug-likeness (QED) is 0.622. The van der Waals surface area contributed by atoms with Gasteiger partial charge in [0.2, 0.25) is 0 Å². The summed E-state index contributed by atoms with van der Waals surface area (Å²) >= 11 is 0. The van der Waals surface area contributed by atoms with Crippen LogP contribution in [0.1, 0.15) is 27.7 Å². The molecule has 0 aromatic heterocycles. The monoisotopic (exact) mass is 290 g/mol. The van der Waals surface area contributed by atoms with Gasteiger partial charge in [0, 0.05) is 52.0 Å². The first-order valence-electron chi connectivity index (χ1n) is 7.33. The van der Waals surface area contributed by atoms with E-state index in [9.17, 15) is 0 Å². The van der Waals surface area contributed by atoms with Crippen molar-refractivity contribution in [3.63, 3.8) is 0 Å². The lowest BCUT2D eigenvalue weighted by Crippen LogP contribution is -2.54. The van der Waals surface area contributed by atoms with Crippen molar-refractivity contribution in [3.05, 3.63) is 0 Å². The molecular formula is C15H34N2O3. The average Bonchev–Trinajstić information content (AvgIpc) is 2.35. The van der Waals surface area contributed by atoms with Crippen molar-refractivity contribution >= 4 is 0 Å². The van der Waals surface area contributed by atoms with Crippen LogP contribution in [0.4, 0.5) is 0 Å². The molecule has 0 aromatic rings. The molecule has 2 atom stereocenters. The van der Waals surface area contributed by atoms with Crippen LogP contribution in [0.3, 0.4) is 0 Å². The number of nitrogens with one attached hydrogen (secondary N) is 1. The van der Waals surface area contributed by atoms with Gasteiger partial charge < -0.3 is 19.5 Å². The first-order chi connectivity index (χ1) is 9.35. The first-order valence-corrected chi connectivity index (χ1v) is 7.33. The minimum Gasteiger partial charge on any atom is -0.383 e. The molecule has 0 saturated carbocycles. The minimum absolute atomic E-state index is 0.101. The van der Waals surface area contributed by atoms with Gasteiger partial charge in [0.25, 0.3) is 0 Å². The van der Waals surface area contributed by atoms with E-state index in [1.54, 1.807) is 21.3 Å². The van der Waals surface area contributed by atoms with Crippen molar-refractivity contribution in [2.24, 2.45) is 0 Å². The molecule has 0 aromatic carbocycles. The Morgan fingerprint density at radius 3 is 2.05 bits per heavy atom. The molecule has 0 radical (unpaired) electrons. The summed E-state index contributed by atoms with van der Waals surface area (Å²) in [5, 5.41) is 3.56. The van der Waals surface area contributed by atoms with Gasteiger partial charge in [0.05, 0.1) is 19.8 Å². The van der Waals surface area contributed by atoms with Gasteiger partial charge in [0.15, 0.2) is 0 Å². The molecule has 0 amide bonds. The molecule has 122 valence electrons. The van der Waals surface area contributed by atoms with Crippen LogP contribution in [0.5, 0.6) is 0 Å². The molecule has 0 rings (SSSR count). The number of hydrogen-bond donors (Lipinski definition) is 1. The fourth-order valence-electron chi connectivity index (χ4n) is 2.18. The van der Waals surface area contributed by atoms with Crippen molar-refractivity contribution < 1.29 is 14.2 Å². The predicted molar refractivity (Wildman–Crippen MR) is 83.3 cm³/mol. The second-order valence-electron chi connectivity index (χ2n) is 6.28. The Morgan fingerprint density at radius 2 is 1.60 bits per heavy atom. The van der Waals surface area contributed by atoms with E-state index in [2.05, 4.69) is 37.9 Å². The molecule has 5 heteroatoms. The molecule has 0 heterocycles. The smallest absolute Gasteiger partial charge is 0.0630 e. The van der Waals surface area contributed by atoms with E-state index in [1.165, 1.54) is 0 Å². The molecule has 0 aliphatic rings. The largest absolute Gasteiger partial charge is 0.383 e. The van der Waals surface area contributed by atoms with Gasteiger partial charge in [-0.3, -0.25) is 4.90 Å². The van der Waals surface area contributed by atoms with Crippen molar-refractivity contribution in [2.45, 2.75) is 45.3 Å². The van der Waals surface area contributed by atoms with Crippen LogP contribution in [0, 0.1) is 0 Å². The molecule has 20 heavy (non-hydrogen) atoms. The number of nitrogens with zero attached hydrogens (tertiary/aromatic N) is 1. The third-order valence-electron chi connectivity index (χ3n) is 3.22. The van der Waals surface area contributed by atoms with Crippen LogP contribution in [-0.4, -0.2) is 76.8 Å². The van der Waals surface area contributed by atoms with E-state index < -0.39 is 0 Å². The van der Waals surface area contributed by atoms with Gasteiger partial charge in [-0.15, -0.1) is 0 Å². The molecule has 0 spiro atoms. The highest BCUT2D eigenvalue weighted by Crippen LogP contribution is 2.09. The van der Waals surface area contributed by atoms with Gasteiger partial charge in [-0.2, -0.15) is 0 Å². The van der Waals surface area contributed by atoms with E-state index in [-0.39, 0.29) is 5.54 Å². The molecule has 0 aliphatic heterocycles. The summed E-state index contributed by atoms with van der Waals surface area (Å²) in [6, 6.07) is 0.636. The van der Waals surface area contributed by atoms with E-state index >= 15 is 0 Å². The number of hydrogen-bond acceptors (Lipinski definition) is 5. The normalized spacial score (nSPS) is 15.6. The summed E-state index contributed by atoms with van der Waals surface area (Å²) in [4.78, 5) is 2.40. The molecule has 1 N–H and O–H groups in total. The summed E-state index contributed by atoms with van der Waals surface area (Å²) in [6.45, 7) is 12.6. The maximum Gasteiger partial charge on any atom is 0.0630 e.